The summed E-state index contributed by atoms with van der Waals surface area (Å²) in [5.41, 5.74) is 6.54. The van der Waals surface area contributed by atoms with Crippen molar-refractivity contribution in [2.45, 2.75) is 18.4 Å². The zero-order valence-electron chi connectivity index (χ0n) is 17.7. The van der Waals surface area contributed by atoms with Gasteiger partial charge in [-0.1, -0.05) is 6.07 Å². The van der Waals surface area contributed by atoms with E-state index in [9.17, 15) is 15.0 Å². The van der Waals surface area contributed by atoms with E-state index < -0.39 is 5.54 Å². The van der Waals surface area contributed by atoms with Crippen LogP contribution in [0.2, 0.25) is 0 Å². The Morgan fingerprint density at radius 3 is 2.25 bits per heavy atom. The summed E-state index contributed by atoms with van der Waals surface area (Å²) in [7, 11) is 1.60. The van der Waals surface area contributed by atoms with Crippen molar-refractivity contribution in [3.63, 3.8) is 0 Å². The Hall–Kier alpha value is -3.39. The van der Waals surface area contributed by atoms with Gasteiger partial charge in [0.1, 0.15) is 28.4 Å². The molecule has 32 heavy (non-hydrogen) atoms. The van der Waals surface area contributed by atoms with E-state index in [4.69, 9.17) is 19.6 Å². The van der Waals surface area contributed by atoms with Gasteiger partial charge in [0.25, 0.3) is 0 Å². The maximum atomic E-state index is 13.1. The van der Waals surface area contributed by atoms with Crippen molar-refractivity contribution >= 4 is 21.9 Å². The smallest absolute Gasteiger partial charge is 0.200 e. The number of fused-ring (bicyclic) bond motifs is 2. The summed E-state index contributed by atoms with van der Waals surface area (Å²) >= 11 is 0. The lowest BCUT2D eigenvalue weighted by Crippen LogP contribution is -2.47. The van der Waals surface area contributed by atoms with Crippen LogP contribution in [0.15, 0.2) is 69.9 Å². The molecule has 0 aliphatic heterocycles. The Kier molecular flexibility index (Phi) is 6.14. The number of methoxy groups -OCH3 is 1. The quantitative estimate of drug-likeness (QED) is 0.364. The van der Waals surface area contributed by atoms with Crippen LogP contribution >= 0.6 is 0 Å². The lowest BCUT2D eigenvalue weighted by molar-refractivity contribution is 0.115. The summed E-state index contributed by atoms with van der Waals surface area (Å²) in [4.78, 5) is 13.1. The number of aryl methyl sites for hydroxylation is 1. The van der Waals surface area contributed by atoms with Crippen LogP contribution in [0.5, 0.6) is 17.2 Å². The second-order valence-electron chi connectivity index (χ2n) is 7.88. The van der Waals surface area contributed by atoms with Crippen LogP contribution in [0.25, 0.3) is 21.9 Å². The number of nitrogens with two attached hydrogens (primary N) is 1. The number of benzene rings is 3. The molecule has 0 radical (unpaired) electrons. The second kappa shape index (κ2) is 9.00. The first-order chi connectivity index (χ1) is 15.4. The molecular formula is C25H25NO6. The lowest BCUT2D eigenvalue weighted by atomic mass is 9.93. The molecule has 3 aromatic carbocycles. The van der Waals surface area contributed by atoms with Crippen LogP contribution in [0.3, 0.4) is 0 Å². The molecule has 4 N–H and O–H groups in total. The third-order valence-electron chi connectivity index (χ3n) is 5.54. The van der Waals surface area contributed by atoms with Crippen LogP contribution in [0.1, 0.15) is 12.0 Å². The fourth-order valence-corrected chi connectivity index (χ4v) is 3.48. The van der Waals surface area contributed by atoms with Crippen molar-refractivity contribution in [1.82, 2.24) is 0 Å². The number of hydrogen-bond donors (Lipinski definition) is 3. The fraction of sp³-hybridized carbons (Fsp3) is 0.240. The van der Waals surface area contributed by atoms with Gasteiger partial charge in [0, 0.05) is 6.07 Å². The molecule has 7 heteroatoms. The van der Waals surface area contributed by atoms with E-state index in [0.717, 1.165) is 11.3 Å². The van der Waals surface area contributed by atoms with Gasteiger partial charge in [0.15, 0.2) is 0 Å². The highest BCUT2D eigenvalue weighted by Gasteiger charge is 2.22. The molecule has 4 rings (SSSR count). The standard InChI is InChI=1S/C25H25NO6/c1-30-17-3-5-18(6-4-17)31-19-7-8-20-23(13-19)32-22-9-2-16(12-21(22)24(20)29)10-11-25(26,14-27)15-28/h2-9,12-13,27-28H,10-11,14-15,26H2,1H3. The maximum Gasteiger partial charge on any atom is 0.200 e. The lowest BCUT2D eigenvalue weighted by Gasteiger charge is -2.24. The first-order valence-electron chi connectivity index (χ1n) is 10.3. The molecule has 0 saturated carbocycles. The van der Waals surface area contributed by atoms with Crippen molar-refractivity contribution in [3.8, 4) is 17.2 Å². The normalized spacial score (nSPS) is 11.8. The summed E-state index contributed by atoms with van der Waals surface area (Å²) in [6.07, 6.45) is 0.899. The van der Waals surface area contributed by atoms with E-state index in [-0.39, 0.29) is 18.6 Å². The van der Waals surface area contributed by atoms with Gasteiger partial charge >= 0.3 is 0 Å². The number of aliphatic hydroxyl groups excluding tert-OH is 2. The summed E-state index contributed by atoms with van der Waals surface area (Å²) < 4.78 is 17.0. The van der Waals surface area contributed by atoms with Gasteiger partial charge in [0.2, 0.25) is 5.43 Å². The van der Waals surface area contributed by atoms with Crippen LogP contribution < -0.4 is 20.6 Å². The molecule has 0 fully saturated rings. The molecule has 0 bridgehead atoms. The third-order valence-corrected chi connectivity index (χ3v) is 5.54. The topological polar surface area (TPSA) is 115 Å². The van der Waals surface area contributed by atoms with Gasteiger partial charge in [-0.3, -0.25) is 4.79 Å². The molecule has 1 heterocycles. The van der Waals surface area contributed by atoms with Gasteiger partial charge in [-0.25, -0.2) is 0 Å². The molecular weight excluding hydrogens is 410 g/mol. The first-order valence-corrected chi connectivity index (χ1v) is 10.3. The third kappa shape index (κ3) is 4.45. The molecule has 0 unspecified atom stereocenters. The van der Waals surface area contributed by atoms with Gasteiger partial charge in [-0.2, -0.15) is 0 Å². The molecule has 7 nitrogen and oxygen atoms in total. The van der Waals surface area contributed by atoms with E-state index in [1.807, 2.05) is 6.07 Å². The number of hydrogen-bond acceptors (Lipinski definition) is 7. The Morgan fingerprint density at radius 2 is 1.56 bits per heavy atom. The molecule has 0 aliphatic carbocycles. The van der Waals surface area contributed by atoms with Crippen LogP contribution in [-0.2, 0) is 6.42 Å². The predicted molar refractivity (Wildman–Crippen MR) is 122 cm³/mol. The molecule has 166 valence electrons. The van der Waals surface area contributed by atoms with Crippen molar-refractivity contribution in [2.24, 2.45) is 5.73 Å². The second-order valence-corrected chi connectivity index (χ2v) is 7.88. The van der Waals surface area contributed by atoms with Crippen molar-refractivity contribution in [2.75, 3.05) is 20.3 Å². The van der Waals surface area contributed by atoms with Crippen LogP contribution in [0.4, 0.5) is 0 Å². The maximum absolute atomic E-state index is 13.1. The average Bonchev–Trinajstić information content (AvgIpc) is 2.83. The molecule has 0 aliphatic rings. The highest BCUT2D eigenvalue weighted by molar-refractivity contribution is 5.90. The monoisotopic (exact) mass is 435 g/mol. The molecule has 0 amide bonds. The Balaban J connectivity index is 1.63. The number of ether oxygens (including phenoxy) is 2. The SMILES string of the molecule is COc1ccc(Oc2ccc3c(=O)c4cc(CCC(N)(CO)CO)ccc4oc3c2)cc1. The average molecular weight is 435 g/mol. The minimum Gasteiger partial charge on any atom is -0.497 e. The van der Waals surface area contributed by atoms with E-state index >= 15 is 0 Å². The van der Waals surface area contributed by atoms with Gasteiger partial charge in [-0.15, -0.1) is 0 Å². The zero-order valence-corrected chi connectivity index (χ0v) is 17.7. The van der Waals surface area contributed by atoms with Crippen molar-refractivity contribution < 1.29 is 24.1 Å². The molecule has 1 aromatic heterocycles. The summed E-state index contributed by atoms with van der Waals surface area (Å²) in [5.74, 6) is 1.92. The van der Waals surface area contributed by atoms with Crippen molar-refractivity contribution in [1.29, 1.82) is 0 Å². The number of rotatable bonds is 8. The minimum atomic E-state index is -1.05. The largest absolute Gasteiger partial charge is 0.497 e. The van der Waals surface area contributed by atoms with E-state index in [1.165, 1.54) is 0 Å². The zero-order chi connectivity index (χ0) is 22.7. The van der Waals surface area contributed by atoms with E-state index in [1.54, 1.807) is 61.7 Å². The van der Waals surface area contributed by atoms with E-state index in [0.29, 0.717) is 46.3 Å². The molecule has 4 aromatic rings. The highest BCUT2D eigenvalue weighted by Crippen LogP contribution is 2.28. The Labute approximate surface area is 184 Å². The van der Waals surface area contributed by atoms with E-state index in [2.05, 4.69) is 0 Å². The first kappa shape index (κ1) is 21.8. The van der Waals surface area contributed by atoms with Gasteiger partial charge in [-0.05, 0) is 66.9 Å². The number of aliphatic hydroxyl groups is 2. The highest BCUT2D eigenvalue weighted by atomic mass is 16.5. The summed E-state index contributed by atoms with van der Waals surface area (Å²) in [5, 5.41) is 19.7. The Bertz CT molecular complexity index is 1290. The fourth-order valence-electron chi connectivity index (χ4n) is 3.48. The summed E-state index contributed by atoms with van der Waals surface area (Å²) in [6, 6.07) is 17.7. The Morgan fingerprint density at radius 1 is 0.875 bits per heavy atom. The van der Waals surface area contributed by atoms with Crippen LogP contribution in [-0.4, -0.2) is 36.1 Å². The molecule has 0 atom stereocenters. The van der Waals surface area contributed by atoms with Crippen LogP contribution in [0, 0.1) is 0 Å². The summed E-state index contributed by atoms with van der Waals surface area (Å²) in [6.45, 7) is -0.629. The molecule has 0 saturated heterocycles. The van der Waals surface area contributed by atoms with Gasteiger partial charge in [0.05, 0.1) is 36.6 Å². The molecule has 0 spiro atoms. The minimum absolute atomic E-state index is 0.137. The van der Waals surface area contributed by atoms with Crippen molar-refractivity contribution in [3.05, 3.63) is 76.5 Å². The predicted octanol–water partition coefficient (Wildman–Crippen LogP) is 3.36. The van der Waals surface area contributed by atoms with Gasteiger partial charge < -0.3 is 29.8 Å².